The molecule has 24 heavy (non-hydrogen) atoms. The lowest BCUT2D eigenvalue weighted by Gasteiger charge is -2.57. The van der Waals surface area contributed by atoms with Crippen LogP contribution < -0.4 is 4.74 Å². The molecule has 0 aliphatic carbocycles. The average Bonchev–Trinajstić information content (AvgIpc) is 3.00. The highest BCUT2D eigenvalue weighted by Crippen LogP contribution is 2.53. The second-order valence-electron chi connectivity index (χ2n) is 7.28. The van der Waals surface area contributed by atoms with Crippen LogP contribution in [0.5, 0.6) is 5.75 Å². The highest BCUT2D eigenvalue weighted by molar-refractivity contribution is 5.90. The molecule has 1 N–H and O–H groups in total. The summed E-state index contributed by atoms with van der Waals surface area (Å²) < 4.78 is 5.55. The van der Waals surface area contributed by atoms with Crippen LogP contribution in [-0.4, -0.2) is 35.9 Å². The zero-order chi connectivity index (χ0) is 16.4. The molecule has 3 fully saturated rings. The minimum Gasteiger partial charge on any atom is -0.495 e. The van der Waals surface area contributed by atoms with Crippen molar-refractivity contribution in [2.24, 2.45) is 11.8 Å². The standard InChI is InChI=1S/C20H22N2O2/c1-3-11-9-22-16-8-14-12-5-4-6-18(24-2)20(12)21-19(14)17(22)7-13(11)15(16)10-23/h3-6,10,13,15-17,21H,7-9H2,1-2H3/b11-3-/t13-,15+,16-,17-/m0/s1. The molecule has 0 amide bonds. The highest BCUT2D eigenvalue weighted by atomic mass is 16.5. The second-order valence-corrected chi connectivity index (χ2v) is 7.28. The zero-order valence-electron chi connectivity index (χ0n) is 14.1. The maximum absolute atomic E-state index is 11.8. The molecule has 4 nitrogen and oxygen atoms in total. The Morgan fingerprint density at radius 3 is 3.00 bits per heavy atom. The lowest BCUT2D eigenvalue weighted by Crippen LogP contribution is -2.60. The summed E-state index contributed by atoms with van der Waals surface area (Å²) in [4.78, 5) is 18.1. The largest absolute Gasteiger partial charge is 0.495 e. The first kappa shape index (κ1) is 14.3. The number of carbonyl (C=O) groups excluding carboxylic acids is 1. The Bertz CT molecular complexity index is 866. The van der Waals surface area contributed by atoms with Crippen molar-refractivity contribution in [2.75, 3.05) is 13.7 Å². The molecule has 6 rings (SSSR count). The van der Waals surface area contributed by atoms with Crippen LogP contribution in [0.25, 0.3) is 10.9 Å². The van der Waals surface area contributed by atoms with Crippen molar-refractivity contribution in [3.8, 4) is 5.75 Å². The Morgan fingerprint density at radius 2 is 2.25 bits per heavy atom. The number of ether oxygens (including phenoxy) is 1. The molecular formula is C20H22N2O2. The van der Waals surface area contributed by atoms with Crippen molar-refractivity contribution < 1.29 is 9.53 Å². The predicted octanol–water partition coefficient (Wildman–Crippen LogP) is 3.24. The van der Waals surface area contributed by atoms with Gasteiger partial charge in [0, 0.05) is 29.6 Å². The molecule has 3 saturated heterocycles. The maximum Gasteiger partial charge on any atom is 0.142 e. The van der Waals surface area contributed by atoms with E-state index in [0.29, 0.717) is 18.0 Å². The molecule has 4 heteroatoms. The fourth-order valence-electron chi connectivity index (χ4n) is 5.39. The normalized spacial score (nSPS) is 35.2. The van der Waals surface area contributed by atoms with Crippen molar-refractivity contribution in [1.82, 2.24) is 9.88 Å². The van der Waals surface area contributed by atoms with Gasteiger partial charge in [0.15, 0.2) is 0 Å². The number of aldehydes is 1. The minimum absolute atomic E-state index is 0.130. The number of aromatic amines is 1. The van der Waals surface area contributed by atoms with E-state index in [1.807, 2.05) is 6.07 Å². The number of benzene rings is 1. The summed E-state index contributed by atoms with van der Waals surface area (Å²) in [6.45, 7) is 3.11. The third-order valence-corrected chi connectivity index (χ3v) is 6.48. The summed E-state index contributed by atoms with van der Waals surface area (Å²) in [7, 11) is 1.72. The number of hydrogen-bond acceptors (Lipinski definition) is 3. The van der Waals surface area contributed by atoms with Crippen LogP contribution in [0.4, 0.5) is 0 Å². The fourth-order valence-corrected chi connectivity index (χ4v) is 5.39. The first-order chi connectivity index (χ1) is 11.8. The van der Waals surface area contributed by atoms with Crippen LogP contribution in [0.1, 0.15) is 30.6 Å². The smallest absolute Gasteiger partial charge is 0.142 e. The zero-order valence-corrected chi connectivity index (χ0v) is 14.1. The molecule has 4 aliphatic rings. The number of allylic oxidation sites excluding steroid dienone is 1. The summed E-state index contributed by atoms with van der Waals surface area (Å²) in [6.07, 6.45) is 5.43. The Balaban J connectivity index is 1.70. The molecule has 124 valence electrons. The summed E-state index contributed by atoms with van der Waals surface area (Å²) in [5, 5.41) is 1.26. The average molecular weight is 322 g/mol. The number of aromatic nitrogens is 1. The fraction of sp³-hybridized carbons (Fsp3) is 0.450. The van der Waals surface area contributed by atoms with E-state index in [2.05, 4.69) is 35.0 Å². The first-order valence-electron chi connectivity index (χ1n) is 8.80. The van der Waals surface area contributed by atoms with E-state index < -0.39 is 0 Å². The summed E-state index contributed by atoms with van der Waals surface area (Å²) in [6, 6.07) is 6.99. The van der Waals surface area contributed by atoms with Gasteiger partial charge in [0.05, 0.1) is 18.7 Å². The quantitative estimate of drug-likeness (QED) is 0.682. The van der Waals surface area contributed by atoms with E-state index >= 15 is 0 Å². The van der Waals surface area contributed by atoms with Crippen molar-refractivity contribution in [3.63, 3.8) is 0 Å². The van der Waals surface area contributed by atoms with E-state index in [-0.39, 0.29) is 5.92 Å². The van der Waals surface area contributed by atoms with Gasteiger partial charge in [-0.25, -0.2) is 0 Å². The number of carbonyl (C=O) groups is 1. The molecular weight excluding hydrogens is 300 g/mol. The first-order valence-corrected chi connectivity index (χ1v) is 8.80. The van der Waals surface area contributed by atoms with Crippen LogP contribution in [0.3, 0.4) is 0 Å². The predicted molar refractivity (Wildman–Crippen MR) is 93.2 cm³/mol. The van der Waals surface area contributed by atoms with Gasteiger partial charge in [-0.1, -0.05) is 23.8 Å². The van der Waals surface area contributed by atoms with E-state index in [4.69, 9.17) is 4.74 Å². The number of H-pyrrole nitrogens is 1. The molecule has 1 aromatic carbocycles. The van der Waals surface area contributed by atoms with Crippen molar-refractivity contribution in [2.45, 2.75) is 31.8 Å². The Kier molecular flexibility index (Phi) is 2.95. The third kappa shape index (κ3) is 1.64. The molecule has 1 aromatic heterocycles. The number of fused-ring (bicyclic) bond motifs is 4. The highest BCUT2D eigenvalue weighted by Gasteiger charge is 2.52. The molecule has 0 spiro atoms. The molecule has 0 saturated carbocycles. The van der Waals surface area contributed by atoms with Crippen molar-refractivity contribution in [1.29, 1.82) is 0 Å². The summed E-state index contributed by atoms with van der Waals surface area (Å²) in [5.41, 5.74) is 5.28. The topological polar surface area (TPSA) is 45.3 Å². The van der Waals surface area contributed by atoms with Gasteiger partial charge in [-0.15, -0.1) is 0 Å². The van der Waals surface area contributed by atoms with Gasteiger partial charge in [0.25, 0.3) is 0 Å². The van der Waals surface area contributed by atoms with Crippen LogP contribution in [0, 0.1) is 11.8 Å². The lowest BCUT2D eigenvalue weighted by atomic mass is 9.64. The molecule has 0 radical (unpaired) electrons. The monoisotopic (exact) mass is 322 g/mol. The van der Waals surface area contributed by atoms with E-state index in [1.165, 1.54) is 28.5 Å². The summed E-state index contributed by atoms with van der Waals surface area (Å²) in [5.74, 6) is 1.44. The number of rotatable bonds is 2. The number of hydrogen-bond donors (Lipinski definition) is 1. The van der Waals surface area contributed by atoms with E-state index in [9.17, 15) is 4.79 Å². The summed E-state index contributed by atoms with van der Waals surface area (Å²) >= 11 is 0. The van der Waals surface area contributed by atoms with Gasteiger partial charge in [-0.05, 0) is 37.3 Å². The number of piperidine rings is 3. The molecule has 2 aromatic rings. The van der Waals surface area contributed by atoms with Gasteiger partial charge < -0.3 is 14.5 Å². The van der Waals surface area contributed by atoms with Crippen molar-refractivity contribution in [3.05, 3.63) is 41.1 Å². The van der Waals surface area contributed by atoms with Gasteiger partial charge >= 0.3 is 0 Å². The molecule has 5 heterocycles. The van der Waals surface area contributed by atoms with Crippen LogP contribution >= 0.6 is 0 Å². The van der Waals surface area contributed by atoms with E-state index in [0.717, 1.165) is 30.7 Å². The SMILES string of the molecule is C/C=C1/CN2[C@H]3C[C@@H]1[C@@H](C=O)[C@@H]2Cc1c3[nH]c2c(OC)cccc12. The number of methoxy groups -OCH3 is 1. The van der Waals surface area contributed by atoms with E-state index in [1.54, 1.807) is 7.11 Å². The van der Waals surface area contributed by atoms with Crippen molar-refractivity contribution >= 4 is 17.2 Å². The maximum atomic E-state index is 11.8. The van der Waals surface area contributed by atoms with Gasteiger partial charge in [-0.3, -0.25) is 4.90 Å². The number of nitrogens with zero attached hydrogens (tertiary/aromatic N) is 1. The number of nitrogens with one attached hydrogen (secondary N) is 1. The Morgan fingerprint density at radius 1 is 1.38 bits per heavy atom. The molecule has 4 bridgehead atoms. The third-order valence-electron chi connectivity index (χ3n) is 6.48. The Hall–Kier alpha value is -2.07. The molecule has 5 atom stereocenters. The van der Waals surface area contributed by atoms with Gasteiger partial charge in [-0.2, -0.15) is 0 Å². The van der Waals surface area contributed by atoms with Crippen LogP contribution in [0.2, 0.25) is 0 Å². The van der Waals surface area contributed by atoms with Gasteiger partial charge in [0.2, 0.25) is 0 Å². The van der Waals surface area contributed by atoms with Gasteiger partial charge in [0.1, 0.15) is 12.0 Å². The lowest BCUT2D eigenvalue weighted by molar-refractivity contribution is -0.121. The van der Waals surface area contributed by atoms with Crippen LogP contribution in [0.15, 0.2) is 29.8 Å². The minimum atomic E-state index is 0.130. The second kappa shape index (κ2) is 4.96. The van der Waals surface area contributed by atoms with Crippen LogP contribution in [-0.2, 0) is 11.2 Å². The Labute approximate surface area is 141 Å². The molecule has 1 unspecified atom stereocenters. The number of para-hydroxylation sites is 1. The molecule has 4 aliphatic heterocycles.